The summed E-state index contributed by atoms with van der Waals surface area (Å²) in [4.78, 5) is 11.1. The van der Waals surface area contributed by atoms with Crippen LogP contribution in [0, 0.1) is 0 Å². The van der Waals surface area contributed by atoms with Crippen LogP contribution in [0.5, 0.6) is 5.75 Å². The largest absolute Gasteiger partial charge is 0.543 e. The molecule has 7 heteroatoms. The van der Waals surface area contributed by atoms with Crippen molar-refractivity contribution in [1.29, 1.82) is 0 Å². The van der Waals surface area contributed by atoms with E-state index in [2.05, 4.69) is 52.0 Å². The van der Waals surface area contributed by atoms with Crippen LogP contribution in [0.15, 0.2) is 36.7 Å². The average Bonchev–Trinajstić information content (AvgIpc) is 3.12. The molecule has 5 nitrogen and oxygen atoms in total. The lowest BCUT2D eigenvalue weighted by Gasteiger charge is -2.42. The SMILES string of the molecule is CC(=O)N[C@@H](C)C=Cc1cnn(Cc2ccc(O[Si](C(C)C)(C(C)C)C(C)C)cc2Cl)c1. The van der Waals surface area contributed by atoms with Crippen molar-refractivity contribution in [3.63, 3.8) is 0 Å². The first-order chi connectivity index (χ1) is 15.0. The molecule has 0 aliphatic carbocycles. The normalized spacial score (nSPS) is 13.4. The van der Waals surface area contributed by atoms with Crippen LogP contribution in [-0.2, 0) is 11.3 Å². The Bertz CT molecular complexity index is 915. The maximum atomic E-state index is 11.1. The maximum Gasteiger partial charge on any atom is 0.258 e. The van der Waals surface area contributed by atoms with E-state index in [0.717, 1.165) is 16.9 Å². The van der Waals surface area contributed by atoms with Gasteiger partial charge in [0.25, 0.3) is 8.32 Å². The van der Waals surface area contributed by atoms with Crippen molar-refractivity contribution < 1.29 is 9.22 Å². The molecule has 0 aliphatic heterocycles. The summed E-state index contributed by atoms with van der Waals surface area (Å²) in [5.74, 6) is 0.813. The van der Waals surface area contributed by atoms with E-state index in [1.807, 2.05) is 48.2 Å². The Hall–Kier alpha value is -2.05. The first-order valence-electron chi connectivity index (χ1n) is 11.4. The third-order valence-corrected chi connectivity index (χ3v) is 12.4. The molecule has 0 saturated heterocycles. The van der Waals surface area contributed by atoms with E-state index in [1.165, 1.54) is 6.92 Å². The zero-order valence-corrected chi connectivity index (χ0v) is 22.4. The molecule has 0 unspecified atom stereocenters. The molecular formula is C25H38ClN3O2Si. The fourth-order valence-electron chi connectivity index (χ4n) is 4.63. The van der Waals surface area contributed by atoms with Gasteiger partial charge in [0.2, 0.25) is 5.91 Å². The summed E-state index contributed by atoms with van der Waals surface area (Å²) < 4.78 is 8.61. The smallest absolute Gasteiger partial charge is 0.258 e. The van der Waals surface area contributed by atoms with Gasteiger partial charge >= 0.3 is 0 Å². The molecule has 1 amide bonds. The summed E-state index contributed by atoms with van der Waals surface area (Å²) in [5, 5.41) is 7.96. The molecule has 0 saturated carbocycles. The third kappa shape index (κ3) is 6.48. The van der Waals surface area contributed by atoms with Crippen molar-refractivity contribution in [3.8, 4) is 5.75 Å². The third-order valence-electron chi connectivity index (χ3n) is 6.02. The number of halogens is 1. The number of hydrogen-bond acceptors (Lipinski definition) is 3. The van der Waals surface area contributed by atoms with Gasteiger partial charge in [-0.1, -0.05) is 71.4 Å². The molecule has 1 aromatic carbocycles. The van der Waals surface area contributed by atoms with E-state index in [-0.39, 0.29) is 11.9 Å². The van der Waals surface area contributed by atoms with Gasteiger partial charge < -0.3 is 9.74 Å². The minimum absolute atomic E-state index is 0.0315. The lowest BCUT2D eigenvalue weighted by atomic mass is 10.2. The second-order valence-corrected chi connectivity index (χ2v) is 15.3. The number of carbonyl (C=O) groups excluding carboxylic acids is 1. The molecule has 1 aromatic heterocycles. The van der Waals surface area contributed by atoms with Gasteiger partial charge in [-0.15, -0.1) is 0 Å². The highest BCUT2D eigenvalue weighted by atomic mass is 35.5. The topological polar surface area (TPSA) is 56.2 Å². The van der Waals surface area contributed by atoms with Crippen LogP contribution in [-0.4, -0.2) is 30.0 Å². The molecule has 2 aromatic rings. The molecule has 0 bridgehead atoms. The number of rotatable bonds is 10. The van der Waals surface area contributed by atoms with Gasteiger partial charge in [0, 0.05) is 29.7 Å². The molecule has 1 heterocycles. The van der Waals surface area contributed by atoms with Gasteiger partial charge in [0.15, 0.2) is 0 Å². The number of hydrogen-bond donors (Lipinski definition) is 1. The van der Waals surface area contributed by atoms with E-state index in [0.29, 0.717) is 28.2 Å². The first kappa shape index (κ1) is 26.2. The predicted octanol–water partition coefficient (Wildman–Crippen LogP) is 6.68. The summed E-state index contributed by atoms with van der Waals surface area (Å²) in [5.41, 5.74) is 3.48. The van der Waals surface area contributed by atoms with Crippen molar-refractivity contribution in [3.05, 3.63) is 52.8 Å². The summed E-state index contributed by atoms with van der Waals surface area (Å²) >= 11 is 6.64. The van der Waals surface area contributed by atoms with E-state index >= 15 is 0 Å². The molecular weight excluding hydrogens is 438 g/mol. The number of carbonyl (C=O) groups is 1. The predicted molar refractivity (Wildman–Crippen MR) is 137 cm³/mol. The second-order valence-electron chi connectivity index (χ2n) is 9.49. The van der Waals surface area contributed by atoms with E-state index in [4.69, 9.17) is 16.0 Å². The number of aromatic nitrogens is 2. The van der Waals surface area contributed by atoms with Gasteiger partial charge in [-0.3, -0.25) is 9.48 Å². The Labute approximate surface area is 199 Å². The highest BCUT2D eigenvalue weighted by Gasteiger charge is 2.47. The Balaban J connectivity index is 2.14. The van der Waals surface area contributed by atoms with Crippen LogP contribution in [0.1, 0.15) is 66.5 Å². The highest BCUT2D eigenvalue weighted by molar-refractivity contribution is 6.78. The van der Waals surface area contributed by atoms with Gasteiger partial charge in [0.1, 0.15) is 5.75 Å². The van der Waals surface area contributed by atoms with Crippen molar-refractivity contribution in [2.24, 2.45) is 0 Å². The zero-order chi connectivity index (χ0) is 24.1. The van der Waals surface area contributed by atoms with Crippen molar-refractivity contribution in [2.45, 2.75) is 84.6 Å². The Morgan fingerprint density at radius 3 is 2.31 bits per heavy atom. The Morgan fingerprint density at radius 1 is 1.16 bits per heavy atom. The molecule has 1 atom stereocenters. The number of benzene rings is 1. The molecule has 0 radical (unpaired) electrons. The van der Waals surface area contributed by atoms with Crippen LogP contribution in [0.3, 0.4) is 0 Å². The van der Waals surface area contributed by atoms with Gasteiger partial charge in [-0.05, 0) is 41.2 Å². The lowest BCUT2D eigenvalue weighted by Crippen LogP contribution is -2.50. The molecule has 1 N–H and O–H groups in total. The van der Waals surface area contributed by atoms with E-state index in [1.54, 1.807) is 6.20 Å². The van der Waals surface area contributed by atoms with Gasteiger partial charge in [0.05, 0.1) is 12.7 Å². The van der Waals surface area contributed by atoms with Crippen LogP contribution < -0.4 is 9.74 Å². The molecule has 2 rings (SSSR count). The van der Waals surface area contributed by atoms with Crippen LogP contribution in [0.2, 0.25) is 21.6 Å². The summed E-state index contributed by atoms with van der Waals surface area (Å²) in [7, 11) is -2.02. The highest BCUT2D eigenvalue weighted by Crippen LogP contribution is 2.43. The van der Waals surface area contributed by atoms with Crippen LogP contribution in [0.25, 0.3) is 6.08 Å². The molecule has 176 valence electrons. The zero-order valence-electron chi connectivity index (χ0n) is 20.6. The quantitative estimate of drug-likeness (QED) is 0.390. The first-order valence-corrected chi connectivity index (χ1v) is 13.9. The fraction of sp³-hybridized carbons (Fsp3) is 0.520. The van der Waals surface area contributed by atoms with Gasteiger partial charge in [-0.25, -0.2) is 0 Å². The van der Waals surface area contributed by atoms with Crippen molar-refractivity contribution >= 4 is 31.9 Å². The van der Waals surface area contributed by atoms with Crippen LogP contribution >= 0.6 is 11.6 Å². The minimum atomic E-state index is -2.02. The Morgan fingerprint density at radius 2 is 1.78 bits per heavy atom. The standard InChI is InChI=1S/C25H38ClN3O2Si/c1-17(2)32(18(3)4,19(5)6)31-24-12-11-23(25(26)13-24)16-29-15-22(14-27-29)10-9-20(7)28-21(8)30/h9-15,17-20H,16H2,1-8H3,(H,28,30)/t20-/m0/s1. The monoisotopic (exact) mass is 475 g/mol. The van der Waals surface area contributed by atoms with E-state index in [9.17, 15) is 4.79 Å². The second kappa shape index (κ2) is 11.2. The van der Waals surface area contributed by atoms with Crippen molar-refractivity contribution in [2.75, 3.05) is 0 Å². The molecule has 0 aliphatic rings. The van der Waals surface area contributed by atoms with E-state index < -0.39 is 8.32 Å². The van der Waals surface area contributed by atoms with Gasteiger partial charge in [-0.2, -0.15) is 5.10 Å². The van der Waals surface area contributed by atoms with Crippen LogP contribution in [0.4, 0.5) is 0 Å². The lowest BCUT2D eigenvalue weighted by molar-refractivity contribution is -0.119. The molecule has 0 spiro atoms. The molecule has 32 heavy (non-hydrogen) atoms. The maximum absolute atomic E-state index is 11.1. The minimum Gasteiger partial charge on any atom is -0.543 e. The summed E-state index contributed by atoms with van der Waals surface area (Å²) in [6.07, 6.45) is 7.66. The number of nitrogens with one attached hydrogen (secondary N) is 1. The van der Waals surface area contributed by atoms with Crippen molar-refractivity contribution in [1.82, 2.24) is 15.1 Å². The summed E-state index contributed by atoms with van der Waals surface area (Å²) in [6, 6.07) is 5.99. The summed E-state index contributed by atoms with van der Waals surface area (Å²) in [6.45, 7) is 17.7. The molecule has 0 fully saturated rings. The average molecular weight is 476 g/mol. The fourth-order valence-corrected chi connectivity index (χ4v) is 10.1. The number of amides is 1. The number of nitrogens with zero attached hydrogens (tertiary/aromatic N) is 2. The Kier molecular flexibility index (Phi) is 9.16.